The molecule has 0 aromatic heterocycles. The Balaban J connectivity index is 2.35. The molecule has 1 unspecified atom stereocenters. The van der Waals surface area contributed by atoms with Crippen LogP contribution in [0.1, 0.15) is 26.7 Å². The number of halogens is 3. The van der Waals surface area contributed by atoms with Gasteiger partial charge in [-0.25, -0.2) is 4.39 Å². The highest BCUT2D eigenvalue weighted by Gasteiger charge is 2.29. The summed E-state index contributed by atoms with van der Waals surface area (Å²) >= 11 is 0. The molecule has 112 valence electrons. The zero-order chi connectivity index (χ0) is 14.9. The van der Waals surface area contributed by atoms with E-state index >= 15 is 0 Å². The monoisotopic (exact) mass is 288 g/mol. The zero-order valence-electron chi connectivity index (χ0n) is 11.6. The maximum atomic E-state index is 13.6. The van der Waals surface area contributed by atoms with E-state index in [4.69, 9.17) is 5.73 Å². The molecule has 1 aliphatic heterocycles. The van der Waals surface area contributed by atoms with Gasteiger partial charge in [0.15, 0.2) is 11.6 Å². The van der Waals surface area contributed by atoms with E-state index in [1.54, 1.807) is 0 Å². The smallest absolute Gasteiger partial charge is 0.387 e. The summed E-state index contributed by atoms with van der Waals surface area (Å²) in [6.07, 6.45) is 2.02. The first-order chi connectivity index (χ1) is 9.40. The summed E-state index contributed by atoms with van der Waals surface area (Å²) in [6.45, 7) is 1.92. The van der Waals surface area contributed by atoms with E-state index in [9.17, 15) is 13.2 Å². The van der Waals surface area contributed by atoms with Gasteiger partial charge in [0.05, 0.1) is 11.4 Å². The number of ether oxygens (including phenoxy) is 1. The quantitative estimate of drug-likeness (QED) is 0.860. The van der Waals surface area contributed by atoms with Crippen molar-refractivity contribution in [3.05, 3.63) is 17.9 Å². The van der Waals surface area contributed by atoms with Crippen LogP contribution in [0.4, 0.5) is 24.5 Å². The number of anilines is 2. The lowest BCUT2D eigenvalue weighted by Crippen LogP contribution is -2.33. The summed E-state index contributed by atoms with van der Waals surface area (Å²) < 4.78 is 42.3. The molecule has 1 saturated heterocycles. The maximum Gasteiger partial charge on any atom is 0.387 e. The predicted octanol–water partition coefficient (Wildman–Crippen LogP) is 3.63. The molecule has 2 rings (SSSR count). The van der Waals surface area contributed by atoms with Gasteiger partial charge < -0.3 is 15.4 Å². The van der Waals surface area contributed by atoms with E-state index in [1.807, 2.05) is 0 Å². The SMILES string of the molecule is CC(C)C1CCCN1c1cc(OC(F)F)c(F)cc1N. The first-order valence-corrected chi connectivity index (χ1v) is 6.70. The third-order valence-corrected chi connectivity index (χ3v) is 3.68. The Bertz CT molecular complexity index is 480. The Kier molecular flexibility index (Phi) is 4.30. The normalized spacial score (nSPS) is 19.1. The van der Waals surface area contributed by atoms with Crippen LogP contribution in [0.5, 0.6) is 5.75 Å². The molecule has 0 spiro atoms. The van der Waals surface area contributed by atoms with Crippen LogP contribution >= 0.6 is 0 Å². The van der Waals surface area contributed by atoms with Crippen molar-refractivity contribution in [2.45, 2.75) is 39.3 Å². The highest BCUT2D eigenvalue weighted by Crippen LogP contribution is 2.37. The minimum Gasteiger partial charge on any atom is -0.432 e. The number of nitrogens with two attached hydrogens (primary N) is 1. The first-order valence-electron chi connectivity index (χ1n) is 6.70. The molecule has 0 saturated carbocycles. The topological polar surface area (TPSA) is 38.5 Å². The molecule has 1 aliphatic rings. The van der Waals surface area contributed by atoms with Crippen LogP contribution in [-0.4, -0.2) is 19.2 Å². The standard InChI is InChI=1S/C14H19F3N2O/c1-8(2)11-4-3-5-19(11)12-7-13(20-14(16)17)9(15)6-10(12)18/h6-8,11,14H,3-5,18H2,1-2H3. The van der Waals surface area contributed by atoms with Gasteiger partial charge in [0.1, 0.15) is 0 Å². The number of rotatable bonds is 4. The van der Waals surface area contributed by atoms with Crippen molar-refractivity contribution in [1.82, 2.24) is 0 Å². The number of alkyl halides is 2. The second-order valence-electron chi connectivity index (χ2n) is 5.37. The van der Waals surface area contributed by atoms with Crippen LogP contribution in [0.3, 0.4) is 0 Å². The van der Waals surface area contributed by atoms with Gasteiger partial charge in [-0.3, -0.25) is 0 Å². The lowest BCUT2D eigenvalue weighted by Gasteiger charge is -2.31. The van der Waals surface area contributed by atoms with Crippen molar-refractivity contribution < 1.29 is 17.9 Å². The Hall–Kier alpha value is -1.59. The fourth-order valence-electron chi connectivity index (χ4n) is 2.78. The highest BCUT2D eigenvalue weighted by molar-refractivity contribution is 5.71. The first kappa shape index (κ1) is 14.8. The van der Waals surface area contributed by atoms with Crippen LogP contribution in [-0.2, 0) is 0 Å². The summed E-state index contributed by atoms with van der Waals surface area (Å²) in [7, 11) is 0. The fraction of sp³-hybridized carbons (Fsp3) is 0.571. The molecular formula is C14H19F3N2O. The van der Waals surface area contributed by atoms with Gasteiger partial charge in [-0.2, -0.15) is 8.78 Å². The Morgan fingerprint density at radius 1 is 1.35 bits per heavy atom. The molecule has 20 heavy (non-hydrogen) atoms. The van der Waals surface area contributed by atoms with Crippen LogP contribution in [0.25, 0.3) is 0 Å². The minimum atomic E-state index is -3.06. The second-order valence-corrected chi connectivity index (χ2v) is 5.37. The molecule has 0 radical (unpaired) electrons. The Morgan fingerprint density at radius 3 is 2.65 bits per heavy atom. The molecular weight excluding hydrogens is 269 g/mol. The van der Waals surface area contributed by atoms with E-state index in [2.05, 4.69) is 23.5 Å². The van der Waals surface area contributed by atoms with E-state index in [0.29, 0.717) is 11.6 Å². The molecule has 1 heterocycles. The number of nitrogen functional groups attached to an aromatic ring is 1. The van der Waals surface area contributed by atoms with Gasteiger partial charge in [0, 0.05) is 24.7 Å². The summed E-state index contributed by atoms with van der Waals surface area (Å²) in [5, 5.41) is 0. The zero-order valence-corrected chi connectivity index (χ0v) is 11.6. The van der Waals surface area contributed by atoms with Crippen LogP contribution < -0.4 is 15.4 Å². The Morgan fingerprint density at radius 2 is 2.05 bits per heavy atom. The third-order valence-electron chi connectivity index (χ3n) is 3.68. The average Bonchev–Trinajstić information content (AvgIpc) is 2.81. The van der Waals surface area contributed by atoms with Gasteiger partial charge in [-0.05, 0) is 18.8 Å². The van der Waals surface area contributed by atoms with Crippen LogP contribution in [0, 0.1) is 11.7 Å². The molecule has 1 aromatic rings. The van der Waals surface area contributed by atoms with Crippen molar-refractivity contribution in [3.8, 4) is 5.75 Å². The van der Waals surface area contributed by atoms with Gasteiger partial charge >= 0.3 is 6.61 Å². The van der Waals surface area contributed by atoms with Crippen molar-refractivity contribution in [2.24, 2.45) is 5.92 Å². The van der Waals surface area contributed by atoms with Gasteiger partial charge in [-0.1, -0.05) is 13.8 Å². The lowest BCUT2D eigenvalue weighted by molar-refractivity contribution is -0.0521. The molecule has 2 N–H and O–H groups in total. The minimum absolute atomic E-state index is 0.247. The number of nitrogens with zero attached hydrogens (tertiary/aromatic N) is 1. The predicted molar refractivity (Wildman–Crippen MR) is 72.7 cm³/mol. The Labute approximate surface area is 116 Å². The second kappa shape index (κ2) is 5.81. The van der Waals surface area contributed by atoms with Gasteiger partial charge in [-0.15, -0.1) is 0 Å². The number of hydrogen-bond donors (Lipinski definition) is 1. The summed E-state index contributed by atoms with van der Waals surface area (Å²) in [4.78, 5) is 2.05. The average molecular weight is 288 g/mol. The molecule has 0 aliphatic carbocycles. The van der Waals surface area contributed by atoms with E-state index in [0.717, 1.165) is 25.5 Å². The largest absolute Gasteiger partial charge is 0.432 e. The van der Waals surface area contributed by atoms with Crippen molar-refractivity contribution in [2.75, 3.05) is 17.2 Å². The third kappa shape index (κ3) is 2.94. The van der Waals surface area contributed by atoms with E-state index < -0.39 is 18.2 Å². The fourth-order valence-corrected chi connectivity index (χ4v) is 2.78. The summed E-state index contributed by atoms with van der Waals surface area (Å²) in [5.74, 6) is -0.924. The van der Waals surface area contributed by atoms with E-state index in [-0.39, 0.29) is 11.7 Å². The summed E-state index contributed by atoms with van der Waals surface area (Å²) in [5.41, 5.74) is 6.65. The van der Waals surface area contributed by atoms with Crippen molar-refractivity contribution in [1.29, 1.82) is 0 Å². The summed E-state index contributed by atoms with van der Waals surface area (Å²) in [6, 6.07) is 2.60. The lowest BCUT2D eigenvalue weighted by atomic mass is 10.0. The molecule has 3 nitrogen and oxygen atoms in total. The molecule has 0 amide bonds. The number of benzene rings is 1. The molecule has 1 atom stereocenters. The van der Waals surface area contributed by atoms with Crippen LogP contribution in [0.2, 0.25) is 0 Å². The molecule has 6 heteroatoms. The van der Waals surface area contributed by atoms with E-state index in [1.165, 1.54) is 6.07 Å². The maximum absolute atomic E-state index is 13.6. The number of hydrogen-bond acceptors (Lipinski definition) is 3. The molecule has 1 aromatic carbocycles. The molecule has 1 fully saturated rings. The van der Waals surface area contributed by atoms with Gasteiger partial charge in [0.25, 0.3) is 0 Å². The molecule has 0 bridgehead atoms. The highest BCUT2D eigenvalue weighted by atomic mass is 19.3. The van der Waals surface area contributed by atoms with Crippen molar-refractivity contribution >= 4 is 11.4 Å². The van der Waals surface area contributed by atoms with Crippen LogP contribution in [0.15, 0.2) is 12.1 Å². The van der Waals surface area contributed by atoms with Crippen molar-refractivity contribution in [3.63, 3.8) is 0 Å². The van der Waals surface area contributed by atoms with Gasteiger partial charge in [0.2, 0.25) is 0 Å².